The molecule has 2 N–H and O–H groups in total. The summed E-state index contributed by atoms with van der Waals surface area (Å²) in [5.41, 5.74) is 9.95. The Morgan fingerprint density at radius 3 is 3.00 bits per heavy atom. The third-order valence-corrected chi connectivity index (χ3v) is 5.95. The molecule has 21 heavy (non-hydrogen) atoms. The van der Waals surface area contributed by atoms with Crippen molar-refractivity contribution in [3.63, 3.8) is 0 Å². The Hall–Kier alpha value is -1.54. The highest BCUT2D eigenvalue weighted by Crippen LogP contribution is 2.50. The van der Waals surface area contributed by atoms with Gasteiger partial charge in [-0.15, -0.1) is 0 Å². The molecule has 0 aromatic carbocycles. The molecule has 2 nitrogen and oxygen atoms in total. The summed E-state index contributed by atoms with van der Waals surface area (Å²) in [4.78, 5) is 0. The topological polar surface area (TPSA) is 24.1 Å². The second-order valence-electron chi connectivity index (χ2n) is 6.92. The lowest BCUT2D eigenvalue weighted by atomic mass is 9.73. The van der Waals surface area contributed by atoms with Crippen molar-refractivity contribution in [3.8, 4) is 0 Å². The Balaban J connectivity index is 1.60. The summed E-state index contributed by atoms with van der Waals surface area (Å²) < 4.78 is 0. The monoisotopic (exact) mass is 278 g/mol. The molecule has 0 spiro atoms. The maximum atomic E-state index is 3.54. The molecule has 2 heterocycles. The van der Waals surface area contributed by atoms with Crippen LogP contribution in [0, 0.1) is 11.8 Å². The van der Waals surface area contributed by atoms with Crippen LogP contribution in [-0.2, 0) is 0 Å². The first-order chi connectivity index (χ1) is 10.4. The maximum absolute atomic E-state index is 3.54. The molecule has 108 valence electrons. The Labute approximate surface area is 126 Å². The Morgan fingerprint density at radius 2 is 2.00 bits per heavy atom. The van der Waals surface area contributed by atoms with Crippen LogP contribution in [0.5, 0.6) is 0 Å². The van der Waals surface area contributed by atoms with Crippen LogP contribution in [0.3, 0.4) is 0 Å². The molecule has 5 rings (SSSR count). The predicted octanol–water partition coefficient (Wildman–Crippen LogP) is 2.99. The normalized spacial score (nSPS) is 33.5. The molecule has 2 atom stereocenters. The summed E-state index contributed by atoms with van der Waals surface area (Å²) in [5, 5.41) is 6.95. The molecule has 0 amide bonds. The van der Waals surface area contributed by atoms with Gasteiger partial charge in [0.2, 0.25) is 0 Å². The highest BCUT2D eigenvalue weighted by atomic mass is 14.9. The smallest absolute Gasteiger partial charge is 0.0210 e. The van der Waals surface area contributed by atoms with Gasteiger partial charge in [-0.1, -0.05) is 23.3 Å². The molecule has 0 saturated carbocycles. The van der Waals surface area contributed by atoms with Gasteiger partial charge in [0, 0.05) is 24.9 Å². The van der Waals surface area contributed by atoms with Gasteiger partial charge in [0.1, 0.15) is 0 Å². The predicted molar refractivity (Wildman–Crippen MR) is 85.7 cm³/mol. The summed E-state index contributed by atoms with van der Waals surface area (Å²) in [6, 6.07) is 0. The van der Waals surface area contributed by atoms with E-state index < -0.39 is 0 Å². The summed E-state index contributed by atoms with van der Waals surface area (Å²) in [6.45, 7) is 3.39. The van der Waals surface area contributed by atoms with Crippen molar-refractivity contribution in [2.45, 2.75) is 25.7 Å². The average Bonchev–Trinajstić information content (AvgIpc) is 2.93. The minimum Gasteiger partial charge on any atom is -0.390 e. The lowest BCUT2D eigenvalue weighted by Gasteiger charge is -2.34. The summed E-state index contributed by atoms with van der Waals surface area (Å²) >= 11 is 0. The maximum Gasteiger partial charge on any atom is 0.0210 e. The first-order valence-electron chi connectivity index (χ1n) is 8.39. The van der Waals surface area contributed by atoms with Crippen LogP contribution in [0.1, 0.15) is 25.7 Å². The number of fused-ring (bicyclic) bond motifs is 4. The summed E-state index contributed by atoms with van der Waals surface area (Å²) in [6.07, 6.45) is 14.4. The van der Waals surface area contributed by atoms with E-state index in [1.54, 1.807) is 33.4 Å². The van der Waals surface area contributed by atoms with Gasteiger partial charge >= 0.3 is 0 Å². The minimum absolute atomic E-state index is 0.707. The lowest BCUT2D eigenvalue weighted by Crippen LogP contribution is -2.29. The van der Waals surface area contributed by atoms with E-state index in [1.807, 2.05) is 0 Å². The third kappa shape index (κ3) is 1.69. The van der Waals surface area contributed by atoms with E-state index in [1.165, 1.54) is 25.7 Å². The molecule has 0 bridgehead atoms. The second kappa shape index (κ2) is 4.48. The van der Waals surface area contributed by atoms with Gasteiger partial charge in [-0.2, -0.15) is 0 Å². The second-order valence-corrected chi connectivity index (χ2v) is 6.92. The minimum atomic E-state index is 0.707. The van der Waals surface area contributed by atoms with E-state index in [0.717, 1.165) is 25.6 Å². The van der Waals surface area contributed by atoms with E-state index in [0.29, 0.717) is 5.92 Å². The molecular formula is C19H22N2. The van der Waals surface area contributed by atoms with Crippen molar-refractivity contribution in [1.29, 1.82) is 0 Å². The summed E-state index contributed by atoms with van der Waals surface area (Å²) in [7, 11) is 0. The van der Waals surface area contributed by atoms with Gasteiger partial charge in [-0.3, -0.25) is 0 Å². The van der Waals surface area contributed by atoms with Gasteiger partial charge in [0.15, 0.2) is 0 Å². The fraction of sp³-hybridized carbons (Fsp3) is 0.474. The van der Waals surface area contributed by atoms with Crippen molar-refractivity contribution in [1.82, 2.24) is 10.6 Å². The molecular weight excluding hydrogens is 256 g/mol. The Kier molecular flexibility index (Phi) is 2.57. The molecule has 3 aliphatic carbocycles. The molecule has 2 unspecified atom stereocenters. The van der Waals surface area contributed by atoms with Crippen molar-refractivity contribution in [2.24, 2.45) is 11.8 Å². The number of hydrogen-bond acceptors (Lipinski definition) is 2. The standard InChI is InChI=1S/C19H22N2/c1-2-18-16(14-5-7-20-10-12(1)14)3-4-17-15-6-8-21-11-13(15)9-19(17)18/h3-4,6,8,13,19-21H,1-2,5,7,9-11H2. The van der Waals surface area contributed by atoms with E-state index in [9.17, 15) is 0 Å². The molecule has 0 saturated heterocycles. The molecule has 2 heteroatoms. The van der Waals surface area contributed by atoms with Crippen LogP contribution in [0.15, 0.2) is 57.9 Å². The molecule has 0 radical (unpaired) electrons. The highest BCUT2D eigenvalue weighted by Gasteiger charge is 2.38. The van der Waals surface area contributed by atoms with E-state index in [2.05, 4.69) is 35.1 Å². The van der Waals surface area contributed by atoms with E-state index >= 15 is 0 Å². The Morgan fingerprint density at radius 1 is 1.00 bits per heavy atom. The van der Waals surface area contributed by atoms with Crippen LogP contribution >= 0.6 is 0 Å². The fourth-order valence-corrected chi connectivity index (χ4v) is 4.96. The zero-order valence-corrected chi connectivity index (χ0v) is 12.4. The molecule has 0 aromatic heterocycles. The molecule has 0 fully saturated rings. The van der Waals surface area contributed by atoms with Crippen molar-refractivity contribution < 1.29 is 0 Å². The van der Waals surface area contributed by atoms with Gasteiger partial charge < -0.3 is 10.6 Å². The third-order valence-electron chi connectivity index (χ3n) is 5.95. The van der Waals surface area contributed by atoms with Gasteiger partial charge in [-0.05, 0) is 66.8 Å². The molecule has 2 aliphatic heterocycles. The van der Waals surface area contributed by atoms with Crippen LogP contribution < -0.4 is 10.6 Å². The van der Waals surface area contributed by atoms with Crippen molar-refractivity contribution >= 4 is 0 Å². The van der Waals surface area contributed by atoms with E-state index in [4.69, 9.17) is 0 Å². The first kappa shape index (κ1) is 12.0. The van der Waals surface area contributed by atoms with Crippen LogP contribution in [0.2, 0.25) is 0 Å². The quantitative estimate of drug-likeness (QED) is 0.712. The van der Waals surface area contributed by atoms with Crippen molar-refractivity contribution in [2.75, 3.05) is 19.6 Å². The molecule has 0 aromatic rings. The van der Waals surface area contributed by atoms with Gasteiger partial charge in [-0.25, -0.2) is 0 Å². The zero-order chi connectivity index (χ0) is 13.8. The Bertz CT molecular complexity index is 657. The fourth-order valence-electron chi connectivity index (χ4n) is 4.96. The lowest BCUT2D eigenvalue weighted by molar-refractivity contribution is 0.509. The van der Waals surface area contributed by atoms with E-state index in [-0.39, 0.29) is 0 Å². The zero-order valence-electron chi connectivity index (χ0n) is 12.4. The first-order valence-corrected chi connectivity index (χ1v) is 8.39. The SMILES string of the molecule is C1=CC2=C3C=CC4=C(CCC5=C4CCNC5)C3CC2CN1. The number of nitrogens with one attached hydrogen (secondary N) is 2. The average molecular weight is 278 g/mol. The largest absolute Gasteiger partial charge is 0.390 e. The molecule has 5 aliphatic rings. The number of hydrogen-bond donors (Lipinski definition) is 2. The van der Waals surface area contributed by atoms with Crippen LogP contribution in [0.4, 0.5) is 0 Å². The van der Waals surface area contributed by atoms with Crippen LogP contribution in [0.25, 0.3) is 0 Å². The summed E-state index contributed by atoms with van der Waals surface area (Å²) in [5.74, 6) is 1.44. The highest BCUT2D eigenvalue weighted by molar-refractivity contribution is 5.60. The van der Waals surface area contributed by atoms with Crippen molar-refractivity contribution in [3.05, 3.63) is 57.9 Å². The number of allylic oxidation sites excluding steroid dienone is 6. The number of rotatable bonds is 0. The van der Waals surface area contributed by atoms with Gasteiger partial charge in [0.05, 0.1) is 0 Å². The van der Waals surface area contributed by atoms with Gasteiger partial charge in [0.25, 0.3) is 0 Å². The van der Waals surface area contributed by atoms with Crippen LogP contribution in [-0.4, -0.2) is 19.6 Å².